The quantitative estimate of drug-likeness (QED) is 0.817. The fraction of sp³-hybridized carbons (Fsp3) is 0.389. The number of hydrogen-bond donors (Lipinski definition) is 1. The van der Waals surface area contributed by atoms with Crippen LogP contribution in [-0.2, 0) is 9.53 Å². The Bertz CT molecular complexity index is 782. The van der Waals surface area contributed by atoms with Crippen LogP contribution in [0.2, 0.25) is 5.02 Å². The first kappa shape index (κ1) is 19.0. The molecule has 0 spiro atoms. The molecule has 0 saturated heterocycles. The number of nitrogens with zero attached hydrogens (tertiary/aromatic N) is 2. The van der Waals surface area contributed by atoms with Crippen LogP contribution in [0.5, 0.6) is 0 Å². The number of halogens is 1. The number of carbonyl (C=O) groups is 2. The van der Waals surface area contributed by atoms with Crippen molar-refractivity contribution in [3.63, 3.8) is 0 Å². The van der Waals surface area contributed by atoms with E-state index >= 15 is 0 Å². The summed E-state index contributed by atoms with van der Waals surface area (Å²) >= 11 is 5.75. The van der Waals surface area contributed by atoms with Crippen molar-refractivity contribution in [3.8, 4) is 0 Å². The first-order valence-electron chi connectivity index (χ1n) is 8.02. The van der Waals surface area contributed by atoms with Gasteiger partial charge < -0.3 is 14.6 Å². The third-order valence-electron chi connectivity index (χ3n) is 3.85. The largest absolute Gasteiger partial charge is 0.449 e. The molecule has 0 bridgehead atoms. The molecule has 6 nitrogen and oxygen atoms in total. The van der Waals surface area contributed by atoms with Crippen LogP contribution in [0.1, 0.15) is 48.6 Å². The van der Waals surface area contributed by atoms with Crippen molar-refractivity contribution in [1.29, 1.82) is 0 Å². The summed E-state index contributed by atoms with van der Waals surface area (Å²) in [4.78, 5) is 28.6. The van der Waals surface area contributed by atoms with Crippen molar-refractivity contribution in [2.75, 3.05) is 5.32 Å². The van der Waals surface area contributed by atoms with Crippen molar-refractivity contribution >= 4 is 29.3 Å². The fourth-order valence-electron chi connectivity index (χ4n) is 2.73. The fourth-order valence-corrected chi connectivity index (χ4v) is 2.85. The van der Waals surface area contributed by atoms with Gasteiger partial charge in [0, 0.05) is 23.6 Å². The van der Waals surface area contributed by atoms with Crippen LogP contribution in [0.15, 0.2) is 24.4 Å². The van der Waals surface area contributed by atoms with E-state index in [1.165, 1.54) is 13.1 Å². The van der Waals surface area contributed by atoms with E-state index in [1.54, 1.807) is 18.2 Å². The van der Waals surface area contributed by atoms with E-state index in [1.807, 2.05) is 27.7 Å². The second-order valence-corrected chi connectivity index (χ2v) is 6.58. The highest BCUT2D eigenvalue weighted by molar-refractivity contribution is 6.30. The number of aryl methyl sites for hydroxylation is 1. The summed E-state index contributed by atoms with van der Waals surface area (Å²) < 4.78 is 7.36. The maximum atomic E-state index is 12.4. The normalized spacial score (nSPS) is 12.1. The van der Waals surface area contributed by atoms with Gasteiger partial charge in [-0.3, -0.25) is 4.79 Å². The molecule has 0 unspecified atom stereocenters. The lowest BCUT2D eigenvalue weighted by Gasteiger charge is -2.15. The average molecular weight is 364 g/mol. The minimum absolute atomic E-state index is 0.234. The predicted octanol–water partition coefficient (Wildman–Crippen LogP) is 3.92. The number of ether oxygens (including phenoxy) is 1. The molecule has 25 heavy (non-hydrogen) atoms. The van der Waals surface area contributed by atoms with Crippen LogP contribution < -0.4 is 5.32 Å². The van der Waals surface area contributed by atoms with E-state index < -0.39 is 18.0 Å². The Kier molecular flexibility index (Phi) is 5.85. The third-order valence-corrected chi connectivity index (χ3v) is 4.08. The van der Waals surface area contributed by atoms with E-state index in [9.17, 15) is 9.59 Å². The molecular weight excluding hydrogens is 342 g/mol. The number of aromatic nitrogens is 2. The molecule has 1 atom stereocenters. The molecule has 2 aromatic rings. The molecule has 0 saturated carbocycles. The lowest BCUT2D eigenvalue weighted by Crippen LogP contribution is -2.30. The third kappa shape index (κ3) is 4.39. The van der Waals surface area contributed by atoms with Crippen molar-refractivity contribution in [1.82, 2.24) is 9.55 Å². The second-order valence-electron chi connectivity index (χ2n) is 6.15. The smallest absolute Gasteiger partial charge is 0.340 e. The molecular formula is C18H22ClN3O3. The molecule has 0 aliphatic heterocycles. The molecule has 2 heterocycles. The second kappa shape index (κ2) is 7.70. The van der Waals surface area contributed by atoms with E-state index in [0.29, 0.717) is 16.4 Å². The molecule has 7 heteroatoms. The minimum atomic E-state index is -0.952. The number of carbonyl (C=O) groups excluding carboxylic acids is 2. The minimum Gasteiger partial charge on any atom is -0.449 e. The number of rotatable bonds is 5. The van der Waals surface area contributed by atoms with Gasteiger partial charge in [0.15, 0.2) is 6.10 Å². The van der Waals surface area contributed by atoms with Crippen molar-refractivity contribution in [2.24, 2.45) is 0 Å². The predicted molar refractivity (Wildman–Crippen MR) is 97.0 cm³/mol. The van der Waals surface area contributed by atoms with Crippen LogP contribution in [0.25, 0.3) is 0 Å². The number of amides is 1. The Labute approximate surface area is 152 Å². The summed E-state index contributed by atoms with van der Waals surface area (Å²) in [6, 6.07) is 5.20. The number of hydrogen-bond acceptors (Lipinski definition) is 4. The van der Waals surface area contributed by atoms with Gasteiger partial charge in [-0.05, 0) is 52.8 Å². The van der Waals surface area contributed by atoms with Gasteiger partial charge >= 0.3 is 5.97 Å². The molecule has 0 aromatic carbocycles. The maximum Gasteiger partial charge on any atom is 0.340 e. The zero-order valence-electron chi connectivity index (χ0n) is 15.0. The first-order valence-corrected chi connectivity index (χ1v) is 8.40. The molecule has 0 fully saturated rings. The summed E-state index contributed by atoms with van der Waals surface area (Å²) in [5.41, 5.74) is 2.27. The van der Waals surface area contributed by atoms with Crippen molar-refractivity contribution in [3.05, 3.63) is 46.4 Å². The molecule has 2 rings (SSSR count). The van der Waals surface area contributed by atoms with E-state index in [-0.39, 0.29) is 6.04 Å². The van der Waals surface area contributed by atoms with Gasteiger partial charge in [0.2, 0.25) is 0 Å². The highest BCUT2D eigenvalue weighted by Crippen LogP contribution is 2.21. The number of esters is 1. The van der Waals surface area contributed by atoms with Gasteiger partial charge in [0.25, 0.3) is 5.91 Å². The average Bonchev–Trinajstić information content (AvgIpc) is 2.84. The summed E-state index contributed by atoms with van der Waals surface area (Å²) in [7, 11) is 0. The number of nitrogens with one attached hydrogen (secondary N) is 1. The van der Waals surface area contributed by atoms with Crippen LogP contribution in [0.4, 0.5) is 5.82 Å². The molecule has 1 N–H and O–H groups in total. The summed E-state index contributed by atoms with van der Waals surface area (Å²) in [5, 5.41) is 3.05. The molecule has 0 radical (unpaired) electrons. The van der Waals surface area contributed by atoms with Gasteiger partial charge in [-0.1, -0.05) is 11.6 Å². The van der Waals surface area contributed by atoms with E-state index in [2.05, 4.69) is 14.9 Å². The SMILES string of the molecule is Cc1cc(C(=O)O[C@@H](C)C(=O)Nc2ccc(Cl)cn2)c(C)n1C(C)C. The number of pyridine rings is 1. The Morgan fingerprint density at radius 3 is 2.44 bits per heavy atom. The van der Waals surface area contributed by atoms with Gasteiger partial charge in [-0.2, -0.15) is 0 Å². The Morgan fingerprint density at radius 1 is 1.24 bits per heavy atom. The lowest BCUT2D eigenvalue weighted by molar-refractivity contribution is -0.123. The molecule has 0 aliphatic carbocycles. The van der Waals surface area contributed by atoms with Crippen LogP contribution >= 0.6 is 11.6 Å². The zero-order chi connectivity index (χ0) is 18.7. The summed E-state index contributed by atoms with van der Waals surface area (Å²) in [6.07, 6.45) is 0.473. The van der Waals surface area contributed by atoms with Crippen LogP contribution in [0.3, 0.4) is 0 Å². The molecule has 1 amide bonds. The van der Waals surface area contributed by atoms with Gasteiger partial charge in [0.05, 0.1) is 10.6 Å². The number of anilines is 1. The van der Waals surface area contributed by atoms with Gasteiger partial charge in [-0.25, -0.2) is 9.78 Å². The highest BCUT2D eigenvalue weighted by Gasteiger charge is 2.23. The van der Waals surface area contributed by atoms with Crippen LogP contribution in [-0.4, -0.2) is 27.5 Å². The molecule has 0 aliphatic rings. The maximum absolute atomic E-state index is 12.4. The highest BCUT2D eigenvalue weighted by atomic mass is 35.5. The summed E-state index contributed by atoms with van der Waals surface area (Å²) in [6.45, 7) is 9.41. The monoisotopic (exact) mass is 363 g/mol. The van der Waals surface area contributed by atoms with Gasteiger partial charge in [0.1, 0.15) is 5.82 Å². The standard InChI is InChI=1S/C18H22ClN3O3/c1-10(2)22-11(3)8-15(12(22)4)18(24)25-13(5)17(23)21-16-7-6-14(19)9-20-16/h6-10,13H,1-5H3,(H,20,21,23)/t13-/m0/s1. The Balaban J connectivity index is 2.06. The van der Waals surface area contributed by atoms with Crippen LogP contribution in [0, 0.1) is 13.8 Å². The Hall–Kier alpha value is -2.34. The van der Waals surface area contributed by atoms with Gasteiger partial charge in [-0.15, -0.1) is 0 Å². The Morgan fingerprint density at radius 2 is 1.92 bits per heavy atom. The van der Waals surface area contributed by atoms with Crippen molar-refractivity contribution in [2.45, 2.75) is 46.8 Å². The van der Waals surface area contributed by atoms with E-state index in [4.69, 9.17) is 16.3 Å². The van der Waals surface area contributed by atoms with E-state index in [0.717, 1.165) is 11.4 Å². The van der Waals surface area contributed by atoms with Crippen molar-refractivity contribution < 1.29 is 14.3 Å². The first-order chi connectivity index (χ1) is 11.7. The lowest BCUT2D eigenvalue weighted by atomic mass is 10.2. The molecule has 134 valence electrons. The zero-order valence-corrected chi connectivity index (χ0v) is 15.7. The summed E-state index contributed by atoms with van der Waals surface area (Å²) in [5.74, 6) is -0.636. The molecule has 2 aromatic heterocycles. The topological polar surface area (TPSA) is 73.2 Å².